The van der Waals surface area contributed by atoms with Crippen LogP contribution in [0.4, 0.5) is 5.69 Å². The van der Waals surface area contributed by atoms with E-state index >= 15 is 0 Å². The molecule has 2 heterocycles. The molecule has 1 aromatic heterocycles. The van der Waals surface area contributed by atoms with Crippen LogP contribution < -0.4 is 10.1 Å². The van der Waals surface area contributed by atoms with Gasteiger partial charge in [-0.15, -0.1) is 0 Å². The molecule has 150 valence electrons. The molecule has 1 aromatic carbocycles. The number of pyridine rings is 1. The molecule has 0 unspecified atom stereocenters. The molecule has 0 spiro atoms. The van der Waals surface area contributed by atoms with Gasteiger partial charge in [0, 0.05) is 25.0 Å². The number of carbonyl (C=O) groups is 1. The van der Waals surface area contributed by atoms with Crippen molar-refractivity contribution in [1.29, 1.82) is 0 Å². The second-order valence-corrected chi connectivity index (χ2v) is 8.17. The highest BCUT2D eigenvalue weighted by Gasteiger charge is 2.27. The Balaban J connectivity index is 1.87. The van der Waals surface area contributed by atoms with Crippen molar-refractivity contribution in [3.63, 3.8) is 0 Å². The number of morpholine rings is 1. The zero-order valence-corrected chi connectivity index (χ0v) is 16.7. The quantitative estimate of drug-likeness (QED) is 0.790. The number of ether oxygens (including phenoxy) is 2. The van der Waals surface area contributed by atoms with Gasteiger partial charge in [-0.25, -0.2) is 13.4 Å². The minimum atomic E-state index is -3.65. The number of aryl methyl sites for hydroxylation is 1. The van der Waals surface area contributed by atoms with Gasteiger partial charge in [0.05, 0.1) is 24.7 Å². The zero-order valence-electron chi connectivity index (χ0n) is 15.8. The summed E-state index contributed by atoms with van der Waals surface area (Å²) in [5.41, 5.74) is 1.45. The van der Waals surface area contributed by atoms with E-state index in [1.54, 1.807) is 44.3 Å². The molecule has 0 atom stereocenters. The Labute approximate surface area is 164 Å². The van der Waals surface area contributed by atoms with Gasteiger partial charge in [0.2, 0.25) is 15.9 Å². The molecular weight excluding hydrogens is 382 g/mol. The number of nitrogens with zero attached hydrogens (tertiary/aromatic N) is 2. The highest BCUT2D eigenvalue weighted by molar-refractivity contribution is 7.89. The molecule has 2 aromatic rings. The number of nitrogens with one attached hydrogen (secondary N) is 1. The minimum absolute atomic E-state index is 0.131. The summed E-state index contributed by atoms with van der Waals surface area (Å²) in [6.45, 7) is 5.35. The molecule has 0 saturated carbocycles. The topological polar surface area (TPSA) is 97.8 Å². The van der Waals surface area contributed by atoms with Crippen LogP contribution in [0.3, 0.4) is 0 Å². The third kappa shape index (κ3) is 4.32. The minimum Gasteiger partial charge on any atom is -0.477 e. The summed E-state index contributed by atoms with van der Waals surface area (Å²) in [4.78, 5) is 16.9. The summed E-state index contributed by atoms with van der Waals surface area (Å²) in [5.74, 6) is -0.183. The predicted octanol–water partition coefficient (Wildman–Crippen LogP) is 2.06. The average Bonchev–Trinajstić information content (AvgIpc) is 2.71. The lowest BCUT2D eigenvalue weighted by Gasteiger charge is -2.26. The number of amides is 1. The number of anilines is 1. The number of sulfonamides is 1. The largest absolute Gasteiger partial charge is 0.477 e. The molecule has 1 aliphatic heterocycles. The maximum atomic E-state index is 12.9. The number of benzene rings is 1. The fraction of sp³-hybridized carbons (Fsp3) is 0.368. The van der Waals surface area contributed by atoms with Crippen LogP contribution in [-0.2, 0) is 14.8 Å². The van der Waals surface area contributed by atoms with E-state index < -0.39 is 15.9 Å². The van der Waals surface area contributed by atoms with Crippen LogP contribution in [0, 0.1) is 6.92 Å². The van der Waals surface area contributed by atoms with Crippen molar-refractivity contribution in [2.24, 2.45) is 0 Å². The summed E-state index contributed by atoms with van der Waals surface area (Å²) < 4.78 is 37.8. The number of aromatic nitrogens is 1. The highest BCUT2D eigenvalue weighted by atomic mass is 32.2. The van der Waals surface area contributed by atoms with Gasteiger partial charge in [-0.1, -0.05) is 6.07 Å². The highest BCUT2D eigenvalue weighted by Crippen LogP contribution is 2.25. The average molecular weight is 405 g/mol. The molecule has 9 heteroatoms. The summed E-state index contributed by atoms with van der Waals surface area (Å²) in [5, 5.41) is 2.77. The Hall–Kier alpha value is -2.49. The standard InChI is InChI=1S/C19H23N3O5S/c1-3-27-19-16(5-4-8-20-19)18(23)21-17-13-15(7-6-14(17)2)28(24,25)22-9-11-26-12-10-22/h4-8,13H,3,9-12H2,1-2H3,(H,21,23). The third-order valence-electron chi connectivity index (χ3n) is 4.36. The van der Waals surface area contributed by atoms with Crippen molar-refractivity contribution in [1.82, 2.24) is 9.29 Å². The number of hydrogen-bond donors (Lipinski definition) is 1. The molecule has 1 fully saturated rings. The Morgan fingerprint density at radius 2 is 2.04 bits per heavy atom. The van der Waals surface area contributed by atoms with Gasteiger partial charge in [0.1, 0.15) is 5.56 Å². The second-order valence-electron chi connectivity index (χ2n) is 6.24. The van der Waals surface area contributed by atoms with Crippen molar-refractivity contribution >= 4 is 21.6 Å². The van der Waals surface area contributed by atoms with Crippen molar-refractivity contribution in [2.75, 3.05) is 38.2 Å². The van der Waals surface area contributed by atoms with Gasteiger partial charge >= 0.3 is 0 Å². The van der Waals surface area contributed by atoms with Crippen molar-refractivity contribution in [3.05, 3.63) is 47.7 Å². The lowest BCUT2D eigenvalue weighted by Crippen LogP contribution is -2.40. The Bertz CT molecular complexity index is 956. The van der Waals surface area contributed by atoms with Gasteiger partial charge < -0.3 is 14.8 Å². The first kappa shape index (κ1) is 20.2. The Morgan fingerprint density at radius 1 is 1.29 bits per heavy atom. The maximum Gasteiger partial charge on any atom is 0.261 e. The van der Waals surface area contributed by atoms with Gasteiger partial charge in [-0.3, -0.25) is 4.79 Å². The van der Waals surface area contributed by atoms with E-state index in [1.807, 2.05) is 0 Å². The van der Waals surface area contributed by atoms with Crippen molar-refractivity contribution in [2.45, 2.75) is 18.7 Å². The van der Waals surface area contributed by atoms with E-state index in [0.29, 0.717) is 38.6 Å². The van der Waals surface area contributed by atoms with E-state index in [2.05, 4.69) is 10.3 Å². The summed E-state index contributed by atoms with van der Waals surface area (Å²) >= 11 is 0. The fourth-order valence-corrected chi connectivity index (χ4v) is 4.27. The maximum absolute atomic E-state index is 12.9. The first-order valence-corrected chi connectivity index (χ1v) is 10.4. The number of hydrogen-bond acceptors (Lipinski definition) is 6. The molecule has 8 nitrogen and oxygen atoms in total. The normalized spacial score (nSPS) is 15.2. The second kappa shape index (κ2) is 8.68. The summed E-state index contributed by atoms with van der Waals surface area (Å²) in [6.07, 6.45) is 1.54. The summed E-state index contributed by atoms with van der Waals surface area (Å²) in [7, 11) is -3.65. The van der Waals surface area contributed by atoms with Crippen LogP contribution in [-0.4, -0.2) is 56.5 Å². The summed E-state index contributed by atoms with van der Waals surface area (Å²) in [6, 6.07) is 7.95. The van der Waals surface area contributed by atoms with Gasteiger partial charge in [-0.05, 0) is 43.7 Å². The molecule has 1 N–H and O–H groups in total. The molecule has 1 amide bonds. The lowest BCUT2D eigenvalue weighted by atomic mass is 10.2. The van der Waals surface area contributed by atoms with E-state index in [4.69, 9.17) is 9.47 Å². The zero-order chi connectivity index (χ0) is 20.1. The fourth-order valence-electron chi connectivity index (χ4n) is 2.84. The smallest absolute Gasteiger partial charge is 0.261 e. The van der Waals surface area contributed by atoms with Crippen LogP contribution in [0.25, 0.3) is 0 Å². The van der Waals surface area contributed by atoms with Crippen molar-refractivity contribution in [3.8, 4) is 5.88 Å². The first-order valence-electron chi connectivity index (χ1n) is 9.01. The molecule has 1 saturated heterocycles. The van der Waals surface area contributed by atoms with Gasteiger partial charge in [0.25, 0.3) is 5.91 Å². The SMILES string of the molecule is CCOc1ncccc1C(=O)Nc1cc(S(=O)(=O)N2CCOCC2)ccc1C. The van der Waals surface area contributed by atoms with Crippen LogP contribution in [0.2, 0.25) is 0 Å². The van der Waals surface area contributed by atoms with Crippen molar-refractivity contribution < 1.29 is 22.7 Å². The lowest BCUT2D eigenvalue weighted by molar-refractivity contribution is 0.0730. The molecule has 0 aliphatic carbocycles. The van der Waals surface area contributed by atoms with Gasteiger partial charge in [0.15, 0.2) is 0 Å². The third-order valence-corrected chi connectivity index (χ3v) is 6.26. The first-order chi connectivity index (χ1) is 13.4. The van der Waals surface area contributed by atoms with E-state index in [1.165, 1.54) is 10.4 Å². The number of rotatable bonds is 6. The van der Waals surface area contributed by atoms with E-state index in [9.17, 15) is 13.2 Å². The Kier molecular flexibility index (Phi) is 6.28. The molecule has 0 bridgehead atoms. The molecule has 1 aliphatic rings. The van der Waals surface area contributed by atoms with Crippen LogP contribution in [0.15, 0.2) is 41.4 Å². The monoisotopic (exact) mass is 405 g/mol. The van der Waals surface area contributed by atoms with Gasteiger partial charge in [-0.2, -0.15) is 4.31 Å². The molecule has 0 radical (unpaired) electrons. The van der Waals surface area contributed by atoms with E-state index in [-0.39, 0.29) is 16.3 Å². The molecule has 28 heavy (non-hydrogen) atoms. The van der Waals surface area contributed by atoms with Crippen LogP contribution in [0.5, 0.6) is 5.88 Å². The number of carbonyl (C=O) groups excluding carboxylic acids is 1. The Morgan fingerprint density at radius 3 is 2.75 bits per heavy atom. The predicted molar refractivity (Wildman–Crippen MR) is 104 cm³/mol. The van der Waals surface area contributed by atoms with Crippen LogP contribution >= 0.6 is 0 Å². The van der Waals surface area contributed by atoms with Crippen LogP contribution in [0.1, 0.15) is 22.8 Å². The molecule has 3 rings (SSSR count). The molecular formula is C19H23N3O5S. The van der Waals surface area contributed by atoms with E-state index in [0.717, 1.165) is 5.56 Å².